The number of rotatable bonds is 8. The highest BCUT2D eigenvalue weighted by Crippen LogP contribution is 2.43. The van der Waals surface area contributed by atoms with Crippen LogP contribution in [-0.2, 0) is 19.1 Å². The van der Waals surface area contributed by atoms with E-state index in [1.54, 1.807) is 6.92 Å². The van der Waals surface area contributed by atoms with E-state index in [1.165, 1.54) is 18.9 Å². The Kier molecular flexibility index (Phi) is 8.56. The predicted molar refractivity (Wildman–Crippen MR) is 98.2 cm³/mol. The summed E-state index contributed by atoms with van der Waals surface area (Å²) < 4.78 is 9.99. The second-order valence-electron chi connectivity index (χ2n) is 6.78. The minimum Gasteiger partial charge on any atom is -0.479 e. The molecule has 0 aliphatic heterocycles. The number of amides is 1. The summed E-state index contributed by atoms with van der Waals surface area (Å²) in [5.41, 5.74) is 5.19. The van der Waals surface area contributed by atoms with Gasteiger partial charge in [0.1, 0.15) is 0 Å². The fourth-order valence-corrected chi connectivity index (χ4v) is 4.03. The van der Waals surface area contributed by atoms with Gasteiger partial charge in [-0.15, -0.1) is 0 Å². The molecule has 0 aromatic rings. The van der Waals surface area contributed by atoms with Gasteiger partial charge in [-0.2, -0.15) is 0 Å². The average molecular weight is 364 g/mol. The molecular formula is C16H29NO4S2. The average Bonchev–Trinajstić information content (AvgIpc) is 2.42. The van der Waals surface area contributed by atoms with Gasteiger partial charge in [0, 0.05) is 4.75 Å². The summed E-state index contributed by atoms with van der Waals surface area (Å²) in [5, 5.41) is 0. The Morgan fingerprint density at radius 1 is 1.26 bits per heavy atom. The SMILES string of the molecule is CCOC(=S)SC(C)(C)C(CC(C)(C)C(C)C(=O)OC)C(N)=O. The van der Waals surface area contributed by atoms with Crippen LogP contribution in [0.5, 0.6) is 0 Å². The molecule has 0 saturated heterocycles. The highest BCUT2D eigenvalue weighted by molar-refractivity contribution is 8.23. The standard InChI is InChI=1S/C16H29NO4S2/c1-8-21-14(22)23-16(5,6)11(12(17)18)9-15(3,4)10(2)13(19)20-7/h10-11H,8-9H2,1-7H3,(H2,17,18). The second-order valence-corrected chi connectivity index (χ2v) is 9.04. The topological polar surface area (TPSA) is 78.6 Å². The van der Waals surface area contributed by atoms with Crippen LogP contribution in [-0.4, -0.2) is 34.7 Å². The third-order valence-electron chi connectivity index (χ3n) is 4.25. The summed E-state index contributed by atoms with van der Waals surface area (Å²) in [7, 11) is 1.36. The maximum atomic E-state index is 12.0. The molecule has 134 valence electrons. The fraction of sp³-hybridized carbons (Fsp3) is 0.812. The van der Waals surface area contributed by atoms with Crippen molar-refractivity contribution in [1.82, 2.24) is 0 Å². The molecule has 0 bridgehead atoms. The van der Waals surface area contributed by atoms with Crippen molar-refractivity contribution in [1.29, 1.82) is 0 Å². The third kappa shape index (κ3) is 6.67. The lowest BCUT2D eigenvalue weighted by Gasteiger charge is -2.38. The van der Waals surface area contributed by atoms with Crippen LogP contribution in [0.3, 0.4) is 0 Å². The Morgan fingerprint density at radius 3 is 2.17 bits per heavy atom. The Labute approximate surface area is 149 Å². The number of carbonyl (C=O) groups is 2. The summed E-state index contributed by atoms with van der Waals surface area (Å²) in [5.74, 6) is -1.53. The number of hydrogen-bond donors (Lipinski definition) is 1. The van der Waals surface area contributed by atoms with Crippen LogP contribution in [0, 0.1) is 17.3 Å². The number of primary amides is 1. The van der Waals surface area contributed by atoms with E-state index in [0.29, 0.717) is 17.4 Å². The first kappa shape index (κ1) is 22.2. The number of hydrogen-bond acceptors (Lipinski definition) is 6. The van der Waals surface area contributed by atoms with Gasteiger partial charge in [-0.1, -0.05) is 32.5 Å². The van der Waals surface area contributed by atoms with E-state index < -0.39 is 22.0 Å². The quantitative estimate of drug-likeness (QED) is 0.527. The van der Waals surface area contributed by atoms with Gasteiger partial charge in [0.2, 0.25) is 10.3 Å². The Hall–Kier alpha value is -0.820. The fourth-order valence-electron chi connectivity index (χ4n) is 2.32. The molecule has 1 amide bonds. The molecule has 0 fully saturated rings. The molecule has 2 N–H and O–H groups in total. The smallest absolute Gasteiger partial charge is 0.308 e. The van der Waals surface area contributed by atoms with E-state index in [0.717, 1.165) is 0 Å². The first-order chi connectivity index (χ1) is 10.4. The molecule has 0 rings (SSSR count). The number of esters is 1. The van der Waals surface area contributed by atoms with Gasteiger partial charge in [0.15, 0.2) is 0 Å². The van der Waals surface area contributed by atoms with Crippen molar-refractivity contribution in [2.45, 2.75) is 52.7 Å². The summed E-state index contributed by atoms with van der Waals surface area (Å²) in [6, 6.07) is 0. The van der Waals surface area contributed by atoms with Gasteiger partial charge in [-0.3, -0.25) is 9.59 Å². The summed E-state index contributed by atoms with van der Waals surface area (Å²) in [6.07, 6.45) is 0.452. The first-order valence-corrected chi connectivity index (χ1v) is 8.84. The number of methoxy groups -OCH3 is 1. The molecule has 0 heterocycles. The molecule has 2 atom stereocenters. The van der Waals surface area contributed by atoms with E-state index in [1.807, 2.05) is 34.6 Å². The molecule has 0 saturated carbocycles. The Morgan fingerprint density at radius 2 is 1.78 bits per heavy atom. The highest BCUT2D eigenvalue weighted by Gasteiger charge is 2.43. The minimum atomic E-state index is -0.537. The van der Waals surface area contributed by atoms with Crippen LogP contribution in [0.15, 0.2) is 0 Å². The van der Waals surface area contributed by atoms with Crippen molar-refractivity contribution in [2.24, 2.45) is 23.0 Å². The Balaban J connectivity index is 5.29. The van der Waals surface area contributed by atoms with E-state index in [-0.39, 0.29) is 11.9 Å². The predicted octanol–water partition coefficient (Wildman–Crippen LogP) is 3.15. The van der Waals surface area contributed by atoms with E-state index in [2.05, 4.69) is 0 Å². The van der Waals surface area contributed by atoms with Crippen molar-refractivity contribution < 1.29 is 19.1 Å². The van der Waals surface area contributed by atoms with Crippen LogP contribution >= 0.6 is 24.0 Å². The highest BCUT2D eigenvalue weighted by atomic mass is 32.2. The van der Waals surface area contributed by atoms with Crippen LogP contribution in [0.2, 0.25) is 0 Å². The zero-order valence-electron chi connectivity index (χ0n) is 15.1. The number of thiocarbonyl (C=S) groups is 1. The summed E-state index contributed by atoms with van der Waals surface area (Å²) in [4.78, 5) is 23.9. The van der Waals surface area contributed by atoms with E-state index in [9.17, 15) is 9.59 Å². The van der Waals surface area contributed by atoms with E-state index in [4.69, 9.17) is 27.4 Å². The largest absolute Gasteiger partial charge is 0.479 e. The minimum absolute atomic E-state index is 0.298. The zero-order chi connectivity index (χ0) is 18.4. The molecule has 7 heteroatoms. The number of ether oxygens (including phenoxy) is 2. The third-order valence-corrected chi connectivity index (χ3v) is 5.71. The number of nitrogens with two attached hydrogens (primary N) is 1. The molecule has 0 aromatic carbocycles. The molecular weight excluding hydrogens is 334 g/mol. The van der Waals surface area contributed by atoms with Crippen molar-refractivity contribution in [3.63, 3.8) is 0 Å². The Bertz CT molecular complexity index is 449. The lowest BCUT2D eigenvalue weighted by molar-refractivity contribution is -0.149. The molecule has 0 radical (unpaired) electrons. The van der Waals surface area contributed by atoms with Crippen LogP contribution in [0.1, 0.15) is 48.0 Å². The lowest BCUT2D eigenvalue weighted by atomic mass is 9.71. The van der Waals surface area contributed by atoms with Gasteiger partial charge < -0.3 is 15.2 Å². The maximum Gasteiger partial charge on any atom is 0.308 e. The van der Waals surface area contributed by atoms with Gasteiger partial charge in [-0.05, 0) is 44.8 Å². The van der Waals surface area contributed by atoms with Gasteiger partial charge in [0.05, 0.1) is 25.6 Å². The number of thioether (sulfide) groups is 1. The molecule has 23 heavy (non-hydrogen) atoms. The lowest BCUT2D eigenvalue weighted by Crippen LogP contribution is -2.44. The van der Waals surface area contributed by atoms with Crippen LogP contribution < -0.4 is 5.73 Å². The van der Waals surface area contributed by atoms with Gasteiger partial charge in [0.25, 0.3) is 0 Å². The van der Waals surface area contributed by atoms with Gasteiger partial charge >= 0.3 is 5.97 Å². The normalized spacial score (nSPS) is 14.7. The second kappa shape index (κ2) is 8.87. The zero-order valence-corrected chi connectivity index (χ0v) is 16.7. The van der Waals surface area contributed by atoms with Crippen molar-refractivity contribution in [3.8, 4) is 0 Å². The number of carbonyl (C=O) groups excluding carboxylic acids is 2. The molecule has 5 nitrogen and oxygen atoms in total. The van der Waals surface area contributed by atoms with Gasteiger partial charge in [-0.25, -0.2) is 0 Å². The monoisotopic (exact) mass is 363 g/mol. The van der Waals surface area contributed by atoms with Crippen molar-refractivity contribution in [3.05, 3.63) is 0 Å². The van der Waals surface area contributed by atoms with Crippen LogP contribution in [0.4, 0.5) is 0 Å². The summed E-state index contributed by atoms with van der Waals surface area (Å²) in [6.45, 7) is 11.8. The first-order valence-electron chi connectivity index (χ1n) is 7.62. The molecule has 0 aliphatic rings. The van der Waals surface area contributed by atoms with Crippen molar-refractivity contribution in [2.75, 3.05) is 13.7 Å². The molecule has 0 aliphatic carbocycles. The van der Waals surface area contributed by atoms with Crippen molar-refractivity contribution >= 4 is 40.2 Å². The molecule has 0 spiro atoms. The molecule has 2 unspecified atom stereocenters. The summed E-state index contributed by atoms with van der Waals surface area (Å²) >= 11 is 6.50. The van der Waals surface area contributed by atoms with Crippen LogP contribution in [0.25, 0.3) is 0 Å². The maximum absolute atomic E-state index is 12.0. The molecule has 0 aromatic heterocycles. The van der Waals surface area contributed by atoms with E-state index >= 15 is 0 Å².